The maximum atomic E-state index is 12.8. The molecule has 33 heavy (non-hydrogen) atoms. The number of hydrogen-bond acceptors (Lipinski definition) is 8. The van der Waals surface area contributed by atoms with Crippen LogP contribution in [0.25, 0.3) is 0 Å². The Morgan fingerprint density at radius 3 is 2.48 bits per heavy atom. The first-order chi connectivity index (χ1) is 15.8. The average molecular weight is 474 g/mol. The molecular formula is C22H27BN2O7S. The molecule has 0 bridgehead atoms. The molecule has 1 amide bonds. The van der Waals surface area contributed by atoms with Crippen LogP contribution in [0.5, 0.6) is 11.5 Å². The summed E-state index contributed by atoms with van der Waals surface area (Å²) in [5, 5.41) is 41.1. The summed E-state index contributed by atoms with van der Waals surface area (Å²) >= 11 is 4.28. The van der Waals surface area contributed by atoms with Crippen LogP contribution in [0.1, 0.15) is 21.5 Å². The minimum atomic E-state index is -1.56. The van der Waals surface area contributed by atoms with Gasteiger partial charge in [0.2, 0.25) is 5.91 Å². The van der Waals surface area contributed by atoms with Gasteiger partial charge < -0.3 is 35.2 Å². The topological polar surface area (TPSA) is 140 Å². The normalized spacial score (nSPS) is 14.5. The van der Waals surface area contributed by atoms with Gasteiger partial charge in [-0.1, -0.05) is 36.4 Å². The molecular weight excluding hydrogens is 447 g/mol. The van der Waals surface area contributed by atoms with Crippen LogP contribution in [0, 0.1) is 0 Å². The molecule has 1 fully saturated rings. The summed E-state index contributed by atoms with van der Waals surface area (Å²) in [7, 11) is -1.56. The Morgan fingerprint density at radius 1 is 1.18 bits per heavy atom. The molecule has 176 valence electrons. The molecule has 1 saturated heterocycles. The van der Waals surface area contributed by atoms with Crippen LogP contribution in [-0.2, 0) is 17.8 Å². The van der Waals surface area contributed by atoms with E-state index in [4.69, 9.17) is 14.8 Å². The summed E-state index contributed by atoms with van der Waals surface area (Å²) in [5.74, 6) is -1.61. The largest absolute Gasteiger partial charge is 0.507 e. The van der Waals surface area contributed by atoms with Crippen molar-refractivity contribution in [1.82, 2.24) is 10.2 Å². The fourth-order valence-corrected chi connectivity index (χ4v) is 3.85. The zero-order chi connectivity index (χ0) is 24.0. The van der Waals surface area contributed by atoms with Crippen molar-refractivity contribution >= 4 is 31.6 Å². The number of carboxylic acid groups (broad SMARTS) is 1. The van der Waals surface area contributed by atoms with E-state index in [9.17, 15) is 19.8 Å². The van der Waals surface area contributed by atoms with Gasteiger partial charge in [0.25, 0.3) is 0 Å². The molecule has 0 spiro atoms. The molecule has 1 atom stereocenters. The van der Waals surface area contributed by atoms with E-state index in [1.54, 1.807) is 4.90 Å². The van der Waals surface area contributed by atoms with E-state index in [-0.39, 0.29) is 48.6 Å². The second-order valence-electron chi connectivity index (χ2n) is 7.86. The summed E-state index contributed by atoms with van der Waals surface area (Å²) in [6.07, 6.45) is -0.361. The number of ether oxygens (including phenoxy) is 1. The minimum absolute atomic E-state index is 0.00153. The lowest BCUT2D eigenvalue weighted by atomic mass is 9.82. The zero-order valence-electron chi connectivity index (χ0n) is 17.9. The minimum Gasteiger partial charge on any atom is -0.507 e. The number of thiol groups is 1. The van der Waals surface area contributed by atoms with Crippen molar-refractivity contribution in [1.29, 1.82) is 0 Å². The number of nitrogens with zero attached hydrogens (tertiary/aromatic N) is 1. The molecule has 0 aliphatic carbocycles. The second kappa shape index (κ2) is 11.4. The number of aromatic hydroxyl groups is 1. The number of benzene rings is 2. The Kier molecular flexibility index (Phi) is 8.62. The number of amides is 1. The van der Waals surface area contributed by atoms with Gasteiger partial charge in [0.15, 0.2) is 0 Å². The number of likely N-dealkylation sites (tertiary alicyclic amines) is 1. The third-order valence-corrected chi connectivity index (χ3v) is 5.80. The molecule has 0 saturated carbocycles. The van der Waals surface area contributed by atoms with Gasteiger partial charge in [0.05, 0.1) is 19.1 Å². The number of carbonyl (C=O) groups excluding carboxylic acids is 1. The summed E-state index contributed by atoms with van der Waals surface area (Å²) < 4.78 is 5.75. The molecule has 1 aliphatic heterocycles. The summed E-state index contributed by atoms with van der Waals surface area (Å²) in [6.45, 7) is 1.11. The predicted octanol–water partition coefficient (Wildman–Crippen LogP) is 0.783. The smallest absolute Gasteiger partial charge is 0.451 e. The fourth-order valence-electron chi connectivity index (χ4n) is 3.57. The van der Waals surface area contributed by atoms with E-state index in [0.717, 1.165) is 5.56 Å². The predicted molar refractivity (Wildman–Crippen MR) is 126 cm³/mol. The van der Waals surface area contributed by atoms with Gasteiger partial charge in [-0.15, -0.1) is 0 Å². The zero-order valence-corrected chi connectivity index (χ0v) is 18.8. The monoisotopic (exact) mass is 474 g/mol. The first-order valence-electron chi connectivity index (χ1n) is 10.6. The Hall–Kier alpha value is -2.73. The lowest BCUT2D eigenvalue weighted by Crippen LogP contribution is -2.60. The van der Waals surface area contributed by atoms with Crippen LogP contribution in [0.3, 0.4) is 0 Å². The van der Waals surface area contributed by atoms with Crippen molar-refractivity contribution in [3.05, 3.63) is 59.2 Å². The third kappa shape index (κ3) is 6.41. The quantitative estimate of drug-likeness (QED) is 0.208. The second-order valence-corrected chi connectivity index (χ2v) is 8.22. The van der Waals surface area contributed by atoms with E-state index in [1.165, 1.54) is 12.1 Å². The van der Waals surface area contributed by atoms with Crippen LogP contribution in [0.4, 0.5) is 0 Å². The average Bonchev–Trinajstić information content (AvgIpc) is 2.75. The molecule has 2 aromatic rings. The van der Waals surface area contributed by atoms with Gasteiger partial charge >= 0.3 is 13.1 Å². The van der Waals surface area contributed by atoms with Gasteiger partial charge in [0, 0.05) is 12.3 Å². The van der Waals surface area contributed by atoms with Crippen molar-refractivity contribution in [2.45, 2.75) is 31.4 Å². The van der Waals surface area contributed by atoms with Crippen molar-refractivity contribution in [3.8, 4) is 11.5 Å². The molecule has 5 N–H and O–H groups in total. The highest BCUT2D eigenvalue weighted by Gasteiger charge is 2.36. The Balaban J connectivity index is 1.57. The van der Waals surface area contributed by atoms with E-state index >= 15 is 0 Å². The molecule has 11 heteroatoms. The third-order valence-electron chi connectivity index (χ3n) is 5.44. The molecule has 1 aliphatic rings. The standard InChI is InChI=1S/C22H27BN2O7S/c26-20-15(8-9-23(30)31)6-7-18(19(20)22(28)29)32-16-11-25(12-16)21(27)17(13-33)24-10-14-4-2-1-3-5-14/h1-7,16-17,24,26,30-31,33H,8-13H2,(H,28,29)/t17-/m1/s1. The maximum Gasteiger partial charge on any atom is 0.451 e. The number of phenols is 1. The number of hydrogen-bond donors (Lipinski definition) is 6. The molecule has 9 nitrogen and oxygen atoms in total. The summed E-state index contributed by atoms with van der Waals surface area (Å²) in [4.78, 5) is 26.1. The molecule has 2 aromatic carbocycles. The van der Waals surface area contributed by atoms with Crippen LogP contribution in [0.2, 0.25) is 6.32 Å². The van der Waals surface area contributed by atoms with Crippen molar-refractivity contribution < 1.29 is 34.6 Å². The number of carbonyl (C=O) groups is 2. The first kappa shape index (κ1) is 24.9. The highest BCUT2D eigenvalue weighted by Crippen LogP contribution is 2.34. The number of carboxylic acids is 1. The van der Waals surface area contributed by atoms with Crippen molar-refractivity contribution in [2.24, 2.45) is 0 Å². The molecule has 0 radical (unpaired) electrons. The van der Waals surface area contributed by atoms with E-state index in [1.807, 2.05) is 30.3 Å². The van der Waals surface area contributed by atoms with E-state index < -0.39 is 31.0 Å². The maximum absolute atomic E-state index is 12.8. The molecule has 1 heterocycles. The highest BCUT2D eigenvalue weighted by atomic mass is 32.1. The van der Waals surface area contributed by atoms with Crippen LogP contribution >= 0.6 is 12.6 Å². The number of aryl methyl sites for hydroxylation is 1. The molecule has 3 rings (SSSR count). The van der Waals surface area contributed by atoms with Gasteiger partial charge in [-0.25, -0.2) is 4.79 Å². The van der Waals surface area contributed by atoms with E-state index in [0.29, 0.717) is 12.3 Å². The number of rotatable bonds is 11. The number of nitrogens with one attached hydrogen (secondary N) is 1. The van der Waals surface area contributed by atoms with Crippen molar-refractivity contribution in [3.63, 3.8) is 0 Å². The lowest BCUT2D eigenvalue weighted by Gasteiger charge is -2.40. The molecule has 0 unspecified atom stereocenters. The van der Waals surface area contributed by atoms with Gasteiger partial charge in [-0.2, -0.15) is 12.6 Å². The fraction of sp³-hybridized carbons (Fsp3) is 0.364. The van der Waals surface area contributed by atoms with Crippen LogP contribution in [-0.4, -0.2) is 75.1 Å². The Morgan fingerprint density at radius 2 is 1.88 bits per heavy atom. The van der Waals surface area contributed by atoms with Crippen LogP contribution < -0.4 is 10.1 Å². The van der Waals surface area contributed by atoms with Gasteiger partial charge in [-0.05, 0) is 29.9 Å². The first-order valence-corrected chi connectivity index (χ1v) is 11.2. The van der Waals surface area contributed by atoms with Gasteiger partial charge in [-0.3, -0.25) is 4.79 Å². The number of aromatic carboxylic acids is 1. The van der Waals surface area contributed by atoms with Gasteiger partial charge in [0.1, 0.15) is 23.2 Å². The SMILES string of the molecule is O=C(O)c1c(OC2CN(C(=O)[C@@H](CS)NCc3ccccc3)C2)ccc(CCB(O)O)c1O. The Bertz CT molecular complexity index is 971. The van der Waals surface area contributed by atoms with Crippen molar-refractivity contribution in [2.75, 3.05) is 18.8 Å². The molecule has 0 aromatic heterocycles. The van der Waals surface area contributed by atoms with E-state index in [2.05, 4.69) is 17.9 Å². The lowest BCUT2D eigenvalue weighted by molar-refractivity contribution is -0.141. The highest BCUT2D eigenvalue weighted by molar-refractivity contribution is 7.80. The van der Waals surface area contributed by atoms with Crippen LogP contribution in [0.15, 0.2) is 42.5 Å². The summed E-state index contributed by atoms with van der Waals surface area (Å²) in [5.41, 5.74) is 0.946. The Labute approximate surface area is 197 Å². The summed E-state index contributed by atoms with van der Waals surface area (Å²) in [6, 6.07) is 12.2.